The molecule has 32 heavy (non-hydrogen) atoms. The molecule has 1 aromatic carbocycles. The molecule has 0 radical (unpaired) electrons. The Bertz CT molecular complexity index is 584. The van der Waals surface area contributed by atoms with E-state index in [1.807, 2.05) is 6.07 Å². The summed E-state index contributed by atoms with van der Waals surface area (Å²) in [6.45, 7) is 10.8. The van der Waals surface area contributed by atoms with E-state index in [0.717, 1.165) is 51.4 Å². The second-order valence-corrected chi connectivity index (χ2v) is 9.88. The van der Waals surface area contributed by atoms with Crippen LogP contribution in [0.25, 0.3) is 0 Å². The van der Waals surface area contributed by atoms with Gasteiger partial charge in [0.2, 0.25) is 0 Å². The topological polar surface area (TPSA) is 96.2 Å². The van der Waals surface area contributed by atoms with Crippen molar-refractivity contribution in [2.45, 2.75) is 98.2 Å². The molecule has 0 aliphatic rings. The molecule has 1 aromatic rings. The van der Waals surface area contributed by atoms with Gasteiger partial charge in [0, 0.05) is 12.0 Å². The van der Waals surface area contributed by atoms with E-state index in [1.54, 1.807) is 31.2 Å². The third-order valence-electron chi connectivity index (χ3n) is 5.76. The normalized spacial score (nSPS) is 15.4. The zero-order chi connectivity index (χ0) is 24.5. The molecule has 188 valence electrons. The van der Waals surface area contributed by atoms with Gasteiger partial charge in [0.15, 0.2) is 5.79 Å². The lowest BCUT2D eigenvalue weighted by Gasteiger charge is -2.20. The van der Waals surface area contributed by atoms with Crippen LogP contribution in [0.3, 0.4) is 0 Å². The van der Waals surface area contributed by atoms with E-state index >= 15 is 0 Å². The molecule has 0 heterocycles. The van der Waals surface area contributed by atoms with Crippen LogP contribution < -0.4 is 0 Å². The van der Waals surface area contributed by atoms with Crippen molar-refractivity contribution >= 4 is 7.82 Å². The minimum Gasteiger partial charge on any atom is -0.362 e. The van der Waals surface area contributed by atoms with E-state index in [4.69, 9.17) is 9.05 Å². The van der Waals surface area contributed by atoms with Crippen molar-refractivity contribution in [2.24, 2.45) is 11.8 Å². The predicted molar refractivity (Wildman–Crippen MR) is 131 cm³/mol. The molecule has 0 saturated carbocycles. The molecule has 0 spiro atoms. The molecule has 0 fully saturated rings. The highest BCUT2D eigenvalue weighted by Crippen LogP contribution is 2.44. The Labute approximate surface area is 196 Å². The summed E-state index contributed by atoms with van der Waals surface area (Å²) in [5.74, 6) is -0.978. The van der Waals surface area contributed by atoms with Crippen molar-refractivity contribution in [3.63, 3.8) is 0 Å². The maximum Gasteiger partial charge on any atom is 0.472 e. The van der Waals surface area contributed by atoms with Crippen LogP contribution in [-0.4, -0.2) is 28.3 Å². The molecule has 0 amide bonds. The lowest BCUT2D eigenvalue weighted by molar-refractivity contribution is -0.171. The number of aliphatic hydroxyl groups is 2. The van der Waals surface area contributed by atoms with Gasteiger partial charge in [0.1, 0.15) is 0 Å². The summed E-state index contributed by atoms with van der Waals surface area (Å²) >= 11 is 0. The minimum absolute atomic E-state index is 0.303. The first kappa shape index (κ1) is 31.2. The van der Waals surface area contributed by atoms with Crippen LogP contribution in [0, 0.1) is 11.8 Å². The summed E-state index contributed by atoms with van der Waals surface area (Å²) in [7, 11) is -3.89. The first-order chi connectivity index (χ1) is 15.2. The summed E-state index contributed by atoms with van der Waals surface area (Å²) in [6.07, 6.45) is 8.86. The smallest absolute Gasteiger partial charge is 0.362 e. The Hall–Kier alpha value is -0.750. The highest BCUT2D eigenvalue weighted by atomic mass is 31.2. The van der Waals surface area contributed by atoms with Crippen molar-refractivity contribution in [1.82, 2.24) is 0 Å². The molecule has 0 aliphatic heterocycles. The molecule has 1 rings (SSSR count). The summed E-state index contributed by atoms with van der Waals surface area (Å²) < 4.78 is 22.2. The molecule has 6 nitrogen and oxygen atoms in total. The SMILES string of the molecule is CCC(O)(O)c1ccccc1.CCCCC(CC)COP(=O)(O)OCC(CC)CCCC. The number of benzene rings is 1. The summed E-state index contributed by atoms with van der Waals surface area (Å²) in [5, 5.41) is 18.7. The molecule has 0 saturated heterocycles. The Morgan fingerprint density at radius 2 is 1.28 bits per heavy atom. The van der Waals surface area contributed by atoms with Gasteiger partial charge in [0.25, 0.3) is 0 Å². The Morgan fingerprint density at radius 1 is 0.844 bits per heavy atom. The number of hydrogen-bond donors (Lipinski definition) is 3. The van der Waals surface area contributed by atoms with Crippen molar-refractivity contribution in [3.8, 4) is 0 Å². The van der Waals surface area contributed by atoms with Crippen molar-refractivity contribution in [2.75, 3.05) is 13.2 Å². The summed E-state index contributed by atoms with van der Waals surface area (Å²) in [5.41, 5.74) is 0.544. The number of phosphoric ester groups is 1. The number of phosphoric acid groups is 1. The van der Waals surface area contributed by atoms with Crippen LogP contribution in [-0.2, 0) is 19.4 Å². The molecule has 2 atom stereocenters. The van der Waals surface area contributed by atoms with E-state index < -0.39 is 13.6 Å². The Morgan fingerprint density at radius 3 is 1.62 bits per heavy atom. The molecule has 2 unspecified atom stereocenters. The van der Waals surface area contributed by atoms with E-state index in [1.165, 1.54) is 0 Å². The van der Waals surface area contributed by atoms with Crippen molar-refractivity contribution < 1.29 is 28.7 Å². The lowest BCUT2D eigenvalue weighted by Crippen LogP contribution is -2.23. The third kappa shape index (κ3) is 14.4. The zero-order valence-corrected chi connectivity index (χ0v) is 21.7. The van der Waals surface area contributed by atoms with Gasteiger partial charge < -0.3 is 15.1 Å². The second kappa shape index (κ2) is 17.7. The van der Waals surface area contributed by atoms with Gasteiger partial charge in [0.05, 0.1) is 13.2 Å². The predicted octanol–water partition coefficient (Wildman–Crippen LogP) is 6.79. The Kier molecular flexibility index (Phi) is 17.3. The fourth-order valence-corrected chi connectivity index (χ4v) is 4.01. The highest BCUT2D eigenvalue weighted by Gasteiger charge is 2.24. The van der Waals surface area contributed by atoms with E-state index in [-0.39, 0.29) is 0 Å². The van der Waals surface area contributed by atoms with Gasteiger partial charge in [-0.1, -0.05) is 103 Å². The maximum absolute atomic E-state index is 11.9. The number of unbranched alkanes of at least 4 members (excludes halogenated alkanes) is 2. The van der Waals surface area contributed by atoms with Crippen LogP contribution in [0.5, 0.6) is 0 Å². The van der Waals surface area contributed by atoms with Gasteiger partial charge in [-0.3, -0.25) is 9.05 Å². The first-order valence-electron chi connectivity index (χ1n) is 12.3. The van der Waals surface area contributed by atoms with Crippen molar-refractivity contribution in [1.29, 1.82) is 0 Å². The average Bonchev–Trinajstić information content (AvgIpc) is 2.80. The Balaban J connectivity index is 0.000000726. The average molecular weight is 475 g/mol. The molecular weight excluding hydrogens is 427 g/mol. The maximum atomic E-state index is 11.9. The number of hydrogen-bond acceptors (Lipinski definition) is 5. The van der Waals surface area contributed by atoms with Gasteiger partial charge in [-0.05, 0) is 24.7 Å². The van der Waals surface area contributed by atoms with Gasteiger partial charge in [-0.15, -0.1) is 0 Å². The molecular formula is C25H47O6P. The highest BCUT2D eigenvalue weighted by molar-refractivity contribution is 7.47. The fourth-order valence-electron chi connectivity index (χ4n) is 3.14. The molecule has 7 heteroatoms. The molecule has 0 aromatic heterocycles. The number of rotatable bonds is 16. The van der Waals surface area contributed by atoms with Crippen LogP contribution in [0.4, 0.5) is 0 Å². The molecule has 0 aliphatic carbocycles. The summed E-state index contributed by atoms with van der Waals surface area (Å²) in [4.78, 5) is 9.77. The zero-order valence-electron chi connectivity index (χ0n) is 20.8. The van der Waals surface area contributed by atoms with Gasteiger partial charge in [-0.25, -0.2) is 4.57 Å². The second-order valence-electron chi connectivity index (χ2n) is 8.43. The van der Waals surface area contributed by atoms with Crippen molar-refractivity contribution in [3.05, 3.63) is 35.9 Å². The first-order valence-corrected chi connectivity index (χ1v) is 13.8. The van der Waals surface area contributed by atoms with E-state index in [0.29, 0.717) is 37.0 Å². The van der Waals surface area contributed by atoms with E-state index in [2.05, 4.69) is 27.7 Å². The molecule has 3 N–H and O–H groups in total. The third-order valence-corrected chi connectivity index (χ3v) is 6.71. The standard InChI is InChI=1S/C16H35O4P.C9H12O2/c1-5-9-11-15(7-3)13-19-21(17,18)20-14-16(8-4)12-10-6-2;1-2-9(10,11)8-6-4-3-5-7-8/h15-16H,5-14H2,1-4H3,(H,17,18);3-7,10-11H,2H2,1H3. The van der Waals surface area contributed by atoms with Gasteiger partial charge >= 0.3 is 7.82 Å². The van der Waals surface area contributed by atoms with Crippen LogP contribution in [0.2, 0.25) is 0 Å². The van der Waals surface area contributed by atoms with Crippen LogP contribution in [0.15, 0.2) is 30.3 Å². The van der Waals surface area contributed by atoms with Gasteiger partial charge in [-0.2, -0.15) is 0 Å². The molecule has 0 bridgehead atoms. The largest absolute Gasteiger partial charge is 0.472 e. The van der Waals surface area contributed by atoms with Crippen LogP contribution >= 0.6 is 7.82 Å². The quantitative estimate of drug-likeness (QED) is 0.180. The summed E-state index contributed by atoms with van der Waals surface area (Å²) in [6, 6.07) is 8.81. The monoisotopic (exact) mass is 474 g/mol. The van der Waals surface area contributed by atoms with Crippen LogP contribution in [0.1, 0.15) is 98.0 Å². The van der Waals surface area contributed by atoms with E-state index in [9.17, 15) is 19.7 Å². The minimum atomic E-state index is -3.89. The fraction of sp³-hybridized carbons (Fsp3) is 0.760. The lowest BCUT2D eigenvalue weighted by atomic mass is 10.0.